The average molecular weight is 476 g/mol. The summed E-state index contributed by atoms with van der Waals surface area (Å²) < 4.78 is 5.21. The van der Waals surface area contributed by atoms with Crippen LogP contribution in [0.25, 0.3) is 11.1 Å². The number of benzene rings is 3. The van der Waals surface area contributed by atoms with E-state index < -0.39 is 23.9 Å². The van der Waals surface area contributed by atoms with Crippen molar-refractivity contribution in [2.45, 2.75) is 33.7 Å². The molecule has 0 aromatic heterocycles. The third-order valence-electron chi connectivity index (χ3n) is 5.57. The van der Waals surface area contributed by atoms with Crippen LogP contribution < -0.4 is 20.7 Å². The van der Waals surface area contributed by atoms with Crippen molar-refractivity contribution in [1.82, 2.24) is 5.32 Å². The zero-order valence-electron chi connectivity index (χ0n) is 20.4. The first-order valence-electron chi connectivity index (χ1n) is 11.1. The monoisotopic (exact) mass is 475 g/mol. The van der Waals surface area contributed by atoms with Crippen LogP contribution in [-0.2, 0) is 4.79 Å². The second-order valence-corrected chi connectivity index (χ2v) is 8.38. The number of carbonyl (C=O) groups excluding carboxylic acids is 2. The first-order chi connectivity index (χ1) is 16.6. The highest BCUT2D eigenvalue weighted by Gasteiger charge is 2.20. The van der Waals surface area contributed by atoms with Crippen LogP contribution in [0.1, 0.15) is 34.0 Å². The van der Waals surface area contributed by atoms with Crippen molar-refractivity contribution in [3.63, 3.8) is 0 Å². The third kappa shape index (κ3) is 6.17. The van der Waals surface area contributed by atoms with Crippen molar-refractivity contribution in [2.75, 3.05) is 17.7 Å². The van der Waals surface area contributed by atoms with Crippen LogP contribution in [0, 0.1) is 20.8 Å². The number of hydrogen-bond acceptors (Lipinski definition) is 4. The number of carbonyl (C=O) groups is 3. The maximum atomic E-state index is 12.9. The van der Waals surface area contributed by atoms with Gasteiger partial charge in [-0.05, 0) is 74.2 Å². The Morgan fingerprint density at radius 1 is 0.857 bits per heavy atom. The molecule has 35 heavy (non-hydrogen) atoms. The number of carboxylic acid groups (broad SMARTS) is 1. The summed E-state index contributed by atoms with van der Waals surface area (Å²) in [6.07, 6.45) is 0. The minimum absolute atomic E-state index is 0.142. The van der Waals surface area contributed by atoms with E-state index in [4.69, 9.17) is 9.84 Å². The van der Waals surface area contributed by atoms with Gasteiger partial charge in [0.2, 0.25) is 0 Å². The fourth-order valence-electron chi connectivity index (χ4n) is 3.79. The largest absolute Gasteiger partial charge is 0.497 e. The molecule has 0 saturated heterocycles. The number of hydrogen-bond donors (Lipinski definition) is 4. The Labute approximate surface area is 204 Å². The summed E-state index contributed by atoms with van der Waals surface area (Å²) in [6.45, 7) is 7.17. The topological polar surface area (TPSA) is 117 Å². The molecule has 182 valence electrons. The normalized spacial score (nSPS) is 11.3. The standard InChI is InChI=1S/C27H29N3O5/c1-15-12-16(2)24(17(3)13-15)30-27(34)29-23-14-20(19-6-9-21(35-5)10-7-19)8-11-22(23)25(31)28-18(4)26(32)33/h6-14,18H,1-5H3,(H,28,31)(H,32,33)(H2,29,30,34). The number of rotatable bonds is 7. The molecule has 0 aliphatic heterocycles. The van der Waals surface area contributed by atoms with E-state index in [1.807, 2.05) is 57.2 Å². The van der Waals surface area contributed by atoms with E-state index in [0.717, 1.165) is 27.8 Å². The number of carboxylic acids is 1. The maximum Gasteiger partial charge on any atom is 0.325 e. The molecule has 3 aromatic carbocycles. The molecule has 0 aliphatic carbocycles. The van der Waals surface area contributed by atoms with Gasteiger partial charge in [-0.2, -0.15) is 0 Å². The molecule has 0 aliphatic rings. The van der Waals surface area contributed by atoms with Crippen LogP contribution in [0.3, 0.4) is 0 Å². The third-order valence-corrected chi connectivity index (χ3v) is 5.57. The Hall–Kier alpha value is -4.33. The highest BCUT2D eigenvalue weighted by atomic mass is 16.5. The van der Waals surface area contributed by atoms with Gasteiger partial charge in [-0.3, -0.25) is 9.59 Å². The minimum Gasteiger partial charge on any atom is -0.497 e. The Balaban J connectivity index is 1.95. The second-order valence-electron chi connectivity index (χ2n) is 8.38. The highest BCUT2D eigenvalue weighted by molar-refractivity contribution is 6.08. The molecule has 3 rings (SSSR count). The summed E-state index contributed by atoms with van der Waals surface area (Å²) in [6, 6.07) is 14.7. The predicted octanol–water partition coefficient (Wildman–Crippen LogP) is 5.13. The van der Waals surface area contributed by atoms with E-state index in [0.29, 0.717) is 11.4 Å². The van der Waals surface area contributed by atoms with Gasteiger partial charge in [0.1, 0.15) is 11.8 Å². The predicted molar refractivity (Wildman–Crippen MR) is 136 cm³/mol. The Bertz CT molecular complexity index is 1250. The number of amides is 3. The summed E-state index contributed by atoms with van der Waals surface area (Å²) in [5.41, 5.74) is 5.60. The van der Waals surface area contributed by atoms with E-state index in [-0.39, 0.29) is 11.3 Å². The van der Waals surface area contributed by atoms with Gasteiger partial charge in [0.25, 0.3) is 5.91 Å². The first-order valence-corrected chi connectivity index (χ1v) is 11.1. The number of aliphatic carboxylic acids is 1. The van der Waals surface area contributed by atoms with E-state index in [1.54, 1.807) is 25.3 Å². The smallest absolute Gasteiger partial charge is 0.325 e. The quantitative estimate of drug-likeness (QED) is 0.378. The van der Waals surface area contributed by atoms with Crippen molar-refractivity contribution < 1.29 is 24.2 Å². The maximum absolute atomic E-state index is 12.9. The number of methoxy groups -OCH3 is 1. The van der Waals surface area contributed by atoms with Crippen molar-refractivity contribution in [2.24, 2.45) is 0 Å². The number of ether oxygens (including phenoxy) is 1. The summed E-state index contributed by atoms with van der Waals surface area (Å²) >= 11 is 0. The lowest BCUT2D eigenvalue weighted by atomic mass is 10.0. The summed E-state index contributed by atoms with van der Waals surface area (Å²) in [4.78, 5) is 37.0. The Morgan fingerprint density at radius 3 is 2.03 bits per heavy atom. The zero-order chi connectivity index (χ0) is 25.7. The molecule has 8 nitrogen and oxygen atoms in total. The van der Waals surface area contributed by atoms with E-state index >= 15 is 0 Å². The molecule has 8 heteroatoms. The number of aryl methyl sites for hydroxylation is 3. The van der Waals surface area contributed by atoms with Gasteiger partial charge >= 0.3 is 12.0 Å². The van der Waals surface area contributed by atoms with Gasteiger partial charge < -0.3 is 25.8 Å². The summed E-state index contributed by atoms with van der Waals surface area (Å²) in [7, 11) is 1.58. The van der Waals surface area contributed by atoms with Crippen molar-refractivity contribution in [3.05, 3.63) is 76.9 Å². The molecule has 3 amide bonds. The number of nitrogens with one attached hydrogen (secondary N) is 3. The molecular weight excluding hydrogens is 446 g/mol. The number of urea groups is 1. The fraction of sp³-hybridized carbons (Fsp3) is 0.222. The molecule has 0 bridgehead atoms. The van der Waals surface area contributed by atoms with Gasteiger partial charge in [-0.1, -0.05) is 35.9 Å². The Morgan fingerprint density at radius 2 is 1.46 bits per heavy atom. The van der Waals surface area contributed by atoms with Gasteiger partial charge in [0.05, 0.1) is 18.4 Å². The second kappa shape index (κ2) is 10.7. The van der Waals surface area contributed by atoms with Gasteiger partial charge in [0.15, 0.2) is 0 Å². The van der Waals surface area contributed by atoms with Crippen molar-refractivity contribution in [3.8, 4) is 16.9 Å². The van der Waals surface area contributed by atoms with Crippen LogP contribution >= 0.6 is 0 Å². The molecule has 1 atom stereocenters. The van der Waals surface area contributed by atoms with Crippen LogP contribution in [-0.4, -0.2) is 36.2 Å². The molecule has 1 unspecified atom stereocenters. The lowest BCUT2D eigenvalue weighted by Crippen LogP contribution is -2.38. The van der Waals surface area contributed by atoms with Crippen LogP contribution in [0.15, 0.2) is 54.6 Å². The molecule has 0 fully saturated rings. The summed E-state index contributed by atoms with van der Waals surface area (Å²) in [5.74, 6) is -1.07. The average Bonchev–Trinajstić information content (AvgIpc) is 2.81. The molecule has 4 N–H and O–H groups in total. The Kier molecular flexibility index (Phi) is 7.76. The molecule has 0 heterocycles. The fourth-order valence-corrected chi connectivity index (χ4v) is 3.79. The molecule has 0 saturated carbocycles. The molecule has 0 spiro atoms. The van der Waals surface area contributed by atoms with Crippen LogP contribution in [0.5, 0.6) is 5.75 Å². The van der Waals surface area contributed by atoms with Crippen molar-refractivity contribution in [1.29, 1.82) is 0 Å². The van der Waals surface area contributed by atoms with Crippen LogP contribution in [0.4, 0.5) is 16.2 Å². The van der Waals surface area contributed by atoms with E-state index in [1.165, 1.54) is 6.92 Å². The van der Waals surface area contributed by atoms with Crippen molar-refractivity contribution >= 4 is 29.3 Å². The highest BCUT2D eigenvalue weighted by Crippen LogP contribution is 2.28. The lowest BCUT2D eigenvalue weighted by Gasteiger charge is -2.17. The molecular formula is C27H29N3O5. The molecule has 3 aromatic rings. The lowest BCUT2D eigenvalue weighted by molar-refractivity contribution is -0.138. The first kappa shape index (κ1) is 25.3. The minimum atomic E-state index is -1.16. The van der Waals surface area contributed by atoms with E-state index in [2.05, 4.69) is 16.0 Å². The van der Waals surface area contributed by atoms with Gasteiger partial charge in [0, 0.05) is 5.69 Å². The van der Waals surface area contributed by atoms with Crippen LogP contribution in [0.2, 0.25) is 0 Å². The van der Waals surface area contributed by atoms with Gasteiger partial charge in [-0.15, -0.1) is 0 Å². The van der Waals surface area contributed by atoms with E-state index in [9.17, 15) is 14.4 Å². The SMILES string of the molecule is COc1ccc(-c2ccc(C(=O)NC(C)C(=O)O)c(NC(=O)Nc3c(C)cc(C)cc3C)c2)cc1. The molecule has 0 radical (unpaired) electrons. The van der Waals surface area contributed by atoms with Gasteiger partial charge in [-0.25, -0.2) is 4.79 Å². The number of anilines is 2. The summed E-state index contributed by atoms with van der Waals surface area (Å²) in [5, 5.41) is 17.2. The zero-order valence-corrected chi connectivity index (χ0v) is 20.4.